The summed E-state index contributed by atoms with van der Waals surface area (Å²) < 4.78 is 36.8. The van der Waals surface area contributed by atoms with Crippen LogP contribution in [-0.2, 0) is 13.6 Å². The Morgan fingerprint density at radius 3 is 2.40 bits per heavy atom. The quantitative estimate of drug-likeness (QED) is 0.275. The third-order valence-corrected chi connectivity index (χ3v) is 7.07. The van der Waals surface area contributed by atoms with Crippen LogP contribution in [0.25, 0.3) is 0 Å². The fraction of sp³-hybridized carbons (Fsp3) is 0.455. The van der Waals surface area contributed by atoms with Gasteiger partial charge in [-0.25, -0.2) is 0 Å². The molecule has 1 heterocycles. The van der Waals surface area contributed by atoms with E-state index in [1.54, 1.807) is 12.1 Å². The van der Waals surface area contributed by atoms with Gasteiger partial charge in [-0.3, -0.25) is 4.57 Å². The second-order valence-electron chi connectivity index (χ2n) is 7.08. The smallest absolute Gasteiger partial charge is 0.357 e. The first-order chi connectivity index (χ1) is 14.6. The molecular weight excluding hydrogens is 425 g/mol. The molecule has 0 radical (unpaired) electrons. The monoisotopic (exact) mass is 453 g/mol. The van der Waals surface area contributed by atoms with Crippen molar-refractivity contribution in [3.05, 3.63) is 53.1 Å². The van der Waals surface area contributed by atoms with E-state index < -0.39 is 13.4 Å². The molecule has 1 aliphatic heterocycles. The first-order valence-corrected chi connectivity index (χ1v) is 12.3. The maximum absolute atomic E-state index is 14.0. The van der Waals surface area contributed by atoms with Crippen LogP contribution in [0.4, 0.5) is 5.69 Å². The highest BCUT2D eigenvalue weighted by Gasteiger charge is 2.38. The molecule has 30 heavy (non-hydrogen) atoms. The van der Waals surface area contributed by atoms with E-state index in [4.69, 9.17) is 30.1 Å². The highest BCUT2D eigenvalue weighted by atomic mass is 35.5. The minimum atomic E-state index is -3.57. The number of ether oxygens (including phenoxy) is 2. The Balaban J connectivity index is 1.96. The molecule has 6 nitrogen and oxygen atoms in total. The molecule has 1 aliphatic rings. The minimum absolute atomic E-state index is 0.169. The number of hydrogen-bond acceptors (Lipinski definition) is 6. The summed E-state index contributed by atoms with van der Waals surface area (Å²) in [5.74, 6) is 0.548. The van der Waals surface area contributed by atoms with Crippen molar-refractivity contribution in [2.75, 3.05) is 25.3 Å². The number of unbranched alkanes of at least 4 members (excludes halogenated alkanes) is 2. The van der Waals surface area contributed by atoms with E-state index in [0.717, 1.165) is 36.9 Å². The zero-order valence-corrected chi connectivity index (χ0v) is 19.1. The fourth-order valence-corrected chi connectivity index (χ4v) is 5.19. The van der Waals surface area contributed by atoms with Gasteiger partial charge in [-0.15, -0.1) is 0 Å². The molecule has 0 fully saturated rings. The number of anilines is 1. The summed E-state index contributed by atoms with van der Waals surface area (Å²) in [6.07, 6.45) is 3.47. The van der Waals surface area contributed by atoms with Crippen molar-refractivity contribution in [1.82, 2.24) is 0 Å². The van der Waals surface area contributed by atoms with E-state index in [2.05, 4.69) is 19.2 Å². The number of nitrogens with one attached hydrogen (secondary N) is 1. The van der Waals surface area contributed by atoms with Crippen LogP contribution in [0, 0.1) is 0 Å². The Hall–Kier alpha value is -1.72. The molecule has 1 atom stereocenters. The average molecular weight is 454 g/mol. The summed E-state index contributed by atoms with van der Waals surface area (Å²) in [6, 6.07) is 12.8. The highest BCUT2D eigenvalue weighted by molar-refractivity contribution is 7.54. The van der Waals surface area contributed by atoms with Crippen molar-refractivity contribution < 1.29 is 23.1 Å². The summed E-state index contributed by atoms with van der Waals surface area (Å²) in [5, 5.41) is 3.91. The Kier molecular flexibility index (Phi) is 8.46. The summed E-state index contributed by atoms with van der Waals surface area (Å²) in [6.45, 7) is 5.01. The molecule has 0 spiro atoms. The van der Waals surface area contributed by atoms with E-state index in [1.807, 2.05) is 30.3 Å². The summed E-state index contributed by atoms with van der Waals surface area (Å²) in [7, 11) is -3.57. The molecule has 0 saturated heterocycles. The van der Waals surface area contributed by atoms with Gasteiger partial charge in [0, 0.05) is 10.7 Å². The number of benzene rings is 2. The number of rotatable bonds is 12. The van der Waals surface area contributed by atoms with Crippen molar-refractivity contribution in [3.63, 3.8) is 0 Å². The zero-order valence-electron chi connectivity index (χ0n) is 17.4. The maximum Gasteiger partial charge on any atom is 0.357 e. The van der Waals surface area contributed by atoms with Gasteiger partial charge < -0.3 is 23.8 Å². The Morgan fingerprint density at radius 1 is 1.03 bits per heavy atom. The third-order valence-electron chi connectivity index (χ3n) is 4.69. The lowest BCUT2D eigenvalue weighted by molar-refractivity contribution is 0.174. The summed E-state index contributed by atoms with van der Waals surface area (Å²) in [5.41, 5.74) is 1.46. The molecule has 1 unspecified atom stereocenters. The molecule has 0 aromatic heterocycles. The van der Waals surface area contributed by atoms with Crippen LogP contribution in [0.3, 0.4) is 0 Å². The zero-order chi connectivity index (χ0) is 21.4. The second-order valence-corrected chi connectivity index (χ2v) is 9.63. The highest BCUT2D eigenvalue weighted by Crippen LogP contribution is 2.61. The lowest BCUT2D eigenvalue weighted by Gasteiger charge is -2.29. The second kappa shape index (κ2) is 11.1. The largest absolute Gasteiger partial charge is 0.454 e. The predicted octanol–water partition coefficient (Wildman–Crippen LogP) is 7.01. The molecular formula is C22H29ClNO5P. The molecule has 1 N–H and O–H groups in total. The van der Waals surface area contributed by atoms with Gasteiger partial charge in [0.15, 0.2) is 17.3 Å². The van der Waals surface area contributed by atoms with Crippen LogP contribution in [0.1, 0.15) is 50.9 Å². The van der Waals surface area contributed by atoms with Gasteiger partial charge in [-0.2, -0.15) is 0 Å². The first kappa shape index (κ1) is 23.0. The van der Waals surface area contributed by atoms with Crippen LogP contribution in [0.2, 0.25) is 5.02 Å². The third kappa shape index (κ3) is 5.92. The average Bonchev–Trinajstić information content (AvgIpc) is 3.20. The lowest BCUT2D eigenvalue weighted by Crippen LogP contribution is -2.16. The maximum atomic E-state index is 14.0. The fourth-order valence-electron chi connectivity index (χ4n) is 3.02. The molecule has 2 aromatic carbocycles. The van der Waals surface area contributed by atoms with Crippen LogP contribution in [0.15, 0.2) is 42.5 Å². The van der Waals surface area contributed by atoms with Crippen molar-refractivity contribution in [2.45, 2.75) is 45.3 Å². The van der Waals surface area contributed by atoms with Crippen LogP contribution in [-0.4, -0.2) is 20.0 Å². The Bertz CT molecular complexity index is 864. The number of hydrogen-bond donors (Lipinski definition) is 1. The van der Waals surface area contributed by atoms with E-state index in [-0.39, 0.29) is 6.79 Å². The van der Waals surface area contributed by atoms with E-state index >= 15 is 0 Å². The van der Waals surface area contributed by atoms with E-state index in [9.17, 15) is 4.57 Å². The Labute approximate surface area is 183 Å². The van der Waals surface area contributed by atoms with Gasteiger partial charge in [0.2, 0.25) is 6.79 Å². The molecule has 164 valence electrons. The Morgan fingerprint density at radius 2 is 1.73 bits per heavy atom. The lowest BCUT2D eigenvalue weighted by atomic mass is 10.2. The van der Waals surface area contributed by atoms with Gasteiger partial charge in [0.05, 0.1) is 13.2 Å². The topological polar surface area (TPSA) is 66.0 Å². The molecule has 2 aromatic rings. The molecule has 0 amide bonds. The normalized spacial score (nSPS) is 14.0. The number of halogens is 1. The van der Waals surface area contributed by atoms with Gasteiger partial charge in [0.25, 0.3) is 0 Å². The minimum Gasteiger partial charge on any atom is -0.454 e. The van der Waals surface area contributed by atoms with E-state index in [0.29, 0.717) is 29.7 Å². The van der Waals surface area contributed by atoms with Crippen molar-refractivity contribution in [3.8, 4) is 11.5 Å². The van der Waals surface area contributed by atoms with Gasteiger partial charge in [-0.05, 0) is 48.7 Å². The van der Waals surface area contributed by atoms with Crippen LogP contribution >= 0.6 is 19.2 Å². The molecule has 3 rings (SSSR count). The van der Waals surface area contributed by atoms with Crippen molar-refractivity contribution >= 4 is 24.9 Å². The molecule has 0 bridgehead atoms. The SMILES string of the molecule is CCCCOP(=O)(OCCCC)C(Nc1cccc(Cl)c1)c1ccc2c(c1)OCO2. The summed E-state index contributed by atoms with van der Waals surface area (Å²) in [4.78, 5) is 0. The van der Waals surface area contributed by atoms with Crippen molar-refractivity contribution in [2.24, 2.45) is 0 Å². The number of fused-ring (bicyclic) bond motifs is 1. The van der Waals surface area contributed by atoms with Crippen molar-refractivity contribution in [1.29, 1.82) is 0 Å². The van der Waals surface area contributed by atoms with Gasteiger partial charge >= 0.3 is 7.60 Å². The van der Waals surface area contributed by atoms with Crippen LogP contribution in [0.5, 0.6) is 11.5 Å². The molecule has 0 saturated carbocycles. The van der Waals surface area contributed by atoms with E-state index in [1.165, 1.54) is 0 Å². The summed E-state index contributed by atoms with van der Waals surface area (Å²) >= 11 is 6.16. The molecule has 0 aliphatic carbocycles. The molecule has 8 heteroatoms. The van der Waals surface area contributed by atoms with Crippen LogP contribution < -0.4 is 14.8 Å². The first-order valence-electron chi connectivity index (χ1n) is 10.4. The van der Waals surface area contributed by atoms with Gasteiger partial charge in [-0.1, -0.05) is 50.4 Å². The standard InChI is InChI=1S/C22H29ClNO5P/c1-3-5-12-28-30(25,29-13-6-4-2)22(24-19-9-7-8-18(23)15-19)17-10-11-20-21(14-17)27-16-26-20/h7-11,14-15,22,24H,3-6,12-13,16H2,1-2H3. The predicted molar refractivity (Wildman–Crippen MR) is 120 cm³/mol. The van der Waals surface area contributed by atoms with Gasteiger partial charge in [0.1, 0.15) is 0 Å².